The van der Waals surface area contributed by atoms with Crippen molar-refractivity contribution in [3.8, 4) is 0 Å². The predicted octanol–water partition coefficient (Wildman–Crippen LogP) is 2.67. The van der Waals surface area contributed by atoms with Gasteiger partial charge in [0.2, 0.25) is 0 Å². The predicted molar refractivity (Wildman–Crippen MR) is 111 cm³/mol. The number of piperazine rings is 1. The van der Waals surface area contributed by atoms with Crippen LogP contribution in [-0.2, 0) is 21.2 Å². The minimum absolute atomic E-state index is 0.0854. The molecule has 2 fully saturated rings. The Balaban J connectivity index is 1.41. The summed E-state index contributed by atoms with van der Waals surface area (Å²) in [5, 5.41) is 9.73. The van der Waals surface area contributed by atoms with Crippen molar-refractivity contribution in [1.82, 2.24) is 9.03 Å². The number of hydrogen-bond donors (Lipinski definition) is 2. The summed E-state index contributed by atoms with van der Waals surface area (Å²) in [6.45, 7) is 0.715. The summed E-state index contributed by atoms with van der Waals surface area (Å²) in [6.07, 6.45) is -4.26. The zero-order valence-electron chi connectivity index (χ0n) is 16.9. The van der Waals surface area contributed by atoms with Gasteiger partial charge >= 0.3 is 12.1 Å². The van der Waals surface area contributed by atoms with E-state index in [1.54, 1.807) is 35.2 Å². The molecule has 0 bridgehead atoms. The van der Waals surface area contributed by atoms with E-state index in [9.17, 15) is 31.5 Å². The van der Waals surface area contributed by atoms with Gasteiger partial charge in [0.05, 0.1) is 5.56 Å². The van der Waals surface area contributed by atoms with Crippen LogP contribution in [0.2, 0.25) is 0 Å². The second-order valence-corrected chi connectivity index (χ2v) is 9.65. The summed E-state index contributed by atoms with van der Waals surface area (Å²) in [6, 6.07) is 13.6. The molecule has 1 aliphatic heterocycles. The van der Waals surface area contributed by atoms with Gasteiger partial charge in [0, 0.05) is 37.8 Å². The molecule has 1 heterocycles. The summed E-state index contributed by atoms with van der Waals surface area (Å²) >= 11 is 0. The van der Waals surface area contributed by atoms with Crippen LogP contribution in [-0.4, -0.2) is 55.5 Å². The van der Waals surface area contributed by atoms with Gasteiger partial charge in [0.1, 0.15) is 5.54 Å². The van der Waals surface area contributed by atoms with E-state index in [2.05, 4.69) is 4.72 Å². The number of nitrogens with zero attached hydrogens (tertiary/aromatic N) is 2. The summed E-state index contributed by atoms with van der Waals surface area (Å²) in [5.41, 5.74) is -1.01. The maximum Gasteiger partial charge on any atom is 0.416 e. The van der Waals surface area contributed by atoms with E-state index in [0.717, 1.165) is 17.7 Å². The van der Waals surface area contributed by atoms with Crippen LogP contribution in [0.25, 0.3) is 0 Å². The molecule has 4 rings (SSSR count). The van der Waals surface area contributed by atoms with Crippen molar-refractivity contribution in [2.24, 2.45) is 0 Å². The molecule has 2 aliphatic rings. The molecule has 1 unspecified atom stereocenters. The van der Waals surface area contributed by atoms with Gasteiger partial charge in [0.25, 0.3) is 10.2 Å². The summed E-state index contributed by atoms with van der Waals surface area (Å²) in [7, 11) is -4.07. The number of hydrogen-bond acceptors (Lipinski definition) is 4. The van der Waals surface area contributed by atoms with Crippen molar-refractivity contribution in [2.75, 3.05) is 31.1 Å². The van der Waals surface area contributed by atoms with Crippen LogP contribution in [0.1, 0.15) is 23.5 Å². The Morgan fingerprint density at radius 2 is 1.59 bits per heavy atom. The Kier molecular flexibility index (Phi) is 5.68. The van der Waals surface area contributed by atoms with Crippen LogP contribution >= 0.6 is 0 Å². The highest BCUT2D eigenvalue weighted by molar-refractivity contribution is 7.87. The Labute approximate surface area is 183 Å². The lowest BCUT2D eigenvalue weighted by atomic mass is 10.1. The van der Waals surface area contributed by atoms with Crippen LogP contribution in [0.5, 0.6) is 0 Å². The number of carboxylic acids is 1. The van der Waals surface area contributed by atoms with E-state index in [1.165, 1.54) is 16.4 Å². The van der Waals surface area contributed by atoms with Gasteiger partial charge in [-0.2, -0.15) is 30.6 Å². The molecular formula is C21H22F3N3O4S. The molecule has 0 amide bonds. The monoisotopic (exact) mass is 469 g/mol. The molecule has 7 nitrogen and oxygen atoms in total. The zero-order chi connectivity index (χ0) is 23.1. The molecule has 0 spiro atoms. The van der Waals surface area contributed by atoms with Gasteiger partial charge < -0.3 is 10.0 Å². The van der Waals surface area contributed by atoms with Crippen molar-refractivity contribution in [3.05, 3.63) is 65.7 Å². The molecule has 2 aromatic rings. The fourth-order valence-electron chi connectivity index (χ4n) is 4.09. The first kappa shape index (κ1) is 22.6. The second-order valence-electron chi connectivity index (χ2n) is 7.98. The van der Waals surface area contributed by atoms with E-state index in [4.69, 9.17) is 0 Å². The molecule has 32 heavy (non-hydrogen) atoms. The largest absolute Gasteiger partial charge is 0.480 e. The number of anilines is 1. The van der Waals surface area contributed by atoms with E-state index in [-0.39, 0.29) is 32.6 Å². The van der Waals surface area contributed by atoms with E-state index in [1.807, 2.05) is 0 Å². The molecule has 1 aliphatic carbocycles. The van der Waals surface area contributed by atoms with Crippen LogP contribution in [0.15, 0.2) is 54.6 Å². The Bertz CT molecular complexity index is 1090. The molecule has 1 saturated carbocycles. The number of halogens is 3. The molecule has 2 aromatic carbocycles. The van der Waals surface area contributed by atoms with Gasteiger partial charge in [-0.05, 0) is 36.2 Å². The van der Waals surface area contributed by atoms with Crippen molar-refractivity contribution in [2.45, 2.75) is 24.1 Å². The van der Waals surface area contributed by atoms with Crippen LogP contribution in [0.4, 0.5) is 18.9 Å². The fourth-order valence-corrected chi connectivity index (χ4v) is 5.63. The van der Waals surface area contributed by atoms with Gasteiger partial charge in [-0.25, -0.2) is 0 Å². The van der Waals surface area contributed by atoms with Crippen molar-refractivity contribution in [1.29, 1.82) is 0 Å². The first-order chi connectivity index (χ1) is 15.0. The average Bonchev–Trinajstić information content (AvgIpc) is 3.49. The van der Waals surface area contributed by atoms with Gasteiger partial charge in [-0.15, -0.1) is 0 Å². The third-order valence-electron chi connectivity index (χ3n) is 5.99. The number of carboxylic acid groups (broad SMARTS) is 1. The van der Waals surface area contributed by atoms with Gasteiger partial charge in [0.15, 0.2) is 0 Å². The van der Waals surface area contributed by atoms with Gasteiger partial charge in [-0.1, -0.05) is 30.3 Å². The highest BCUT2D eigenvalue weighted by Crippen LogP contribution is 2.52. The number of rotatable bonds is 6. The van der Waals surface area contributed by atoms with Crippen molar-refractivity contribution in [3.63, 3.8) is 0 Å². The van der Waals surface area contributed by atoms with E-state index < -0.39 is 39.4 Å². The fraction of sp³-hybridized carbons (Fsp3) is 0.381. The minimum Gasteiger partial charge on any atom is -0.480 e. The minimum atomic E-state index is -4.42. The molecule has 1 saturated heterocycles. The van der Waals surface area contributed by atoms with Crippen LogP contribution in [0.3, 0.4) is 0 Å². The Hall–Kier alpha value is -2.63. The van der Waals surface area contributed by atoms with Gasteiger partial charge in [-0.3, -0.25) is 4.79 Å². The lowest BCUT2D eigenvalue weighted by molar-refractivity contribution is -0.140. The first-order valence-electron chi connectivity index (χ1n) is 10.0. The lowest BCUT2D eigenvalue weighted by Crippen LogP contribution is -2.56. The number of nitrogens with one attached hydrogen (secondary N) is 1. The molecule has 0 aromatic heterocycles. The number of aliphatic carboxylic acids is 1. The molecule has 2 N–H and O–H groups in total. The standard InChI is InChI=1S/C21H22F3N3O4S/c22-21(23,24)16-6-8-17(9-7-16)26-10-12-27(13-11-26)32(30,31)25-20(19(28)29)14-18(20)15-4-2-1-3-5-15/h1-9,18,25H,10-14H2,(H,28,29)/t18-,20?/m0/s1. The third kappa shape index (κ3) is 4.32. The number of benzene rings is 2. The summed E-state index contributed by atoms with van der Waals surface area (Å²) < 4.78 is 67.7. The first-order valence-corrected chi connectivity index (χ1v) is 11.5. The topological polar surface area (TPSA) is 89.9 Å². The maximum absolute atomic E-state index is 12.9. The summed E-state index contributed by atoms with van der Waals surface area (Å²) in [5.74, 6) is -1.68. The quantitative estimate of drug-likeness (QED) is 0.679. The van der Waals surface area contributed by atoms with Crippen LogP contribution < -0.4 is 9.62 Å². The maximum atomic E-state index is 12.9. The highest BCUT2D eigenvalue weighted by atomic mass is 32.2. The molecule has 0 radical (unpaired) electrons. The highest BCUT2D eigenvalue weighted by Gasteiger charge is 2.63. The Morgan fingerprint density at radius 3 is 2.12 bits per heavy atom. The third-order valence-corrected chi connectivity index (χ3v) is 7.66. The van der Waals surface area contributed by atoms with Crippen molar-refractivity contribution >= 4 is 21.9 Å². The van der Waals surface area contributed by atoms with E-state index >= 15 is 0 Å². The molecule has 172 valence electrons. The second kappa shape index (κ2) is 8.05. The number of alkyl halides is 3. The lowest BCUT2D eigenvalue weighted by Gasteiger charge is -2.36. The SMILES string of the molecule is O=C(O)C1(NS(=O)(=O)N2CCN(c3ccc(C(F)(F)F)cc3)CC2)C[C@H]1c1ccccc1. The van der Waals surface area contributed by atoms with E-state index in [0.29, 0.717) is 5.69 Å². The zero-order valence-corrected chi connectivity index (χ0v) is 17.7. The molecular weight excluding hydrogens is 447 g/mol. The number of carbonyl (C=O) groups is 1. The molecule has 2 atom stereocenters. The molecule has 11 heteroatoms. The normalized spacial score (nSPS) is 24.3. The Morgan fingerprint density at radius 1 is 1.00 bits per heavy atom. The summed E-state index contributed by atoms with van der Waals surface area (Å²) in [4.78, 5) is 13.7. The smallest absolute Gasteiger partial charge is 0.416 e. The van der Waals surface area contributed by atoms with Crippen molar-refractivity contribution < 1.29 is 31.5 Å². The average molecular weight is 469 g/mol. The van der Waals surface area contributed by atoms with Crippen LogP contribution in [0, 0.1) is 0 Å².